The largest absolute Gasteiger partial charge is 0.369 e. The molecule has 0 amide bonds. The van der Waals surface area contributed by atoms with Gasteiger partial charge in [0.2, 0.25) is 0 Å². The summed E-state index contributed by atoms with van der Waals surface area (Å²) < 4.78 is 7.15. The number of rotatable bonds is 3. The molecule has 3 nitrogen and oxygen atoms in total. The third-order valence-corrected chi connectivity index (χ3v) is 4.95. The number of hydrogen-bond acceptors (Lipinski definition) is 3. The quantitative estimate of drug-likeness (QED) is 0.626. The van der Waals surface area contributed by atoms with Gasteiger partial charge in [0.1, 0.15) is 0 Å². The highest BCUT2D eigenvalue weighted by Gasteiger charge is 2.49. The molecule has 0 bridgehead atoms. The fourth-order valence-electron chi connectivity index (χ4n) is 3.30. The van der Waals surface area contributed by atoms with Crippen molar-refractivity contribution in [2.24, 2.45) is 11.8 Å². The molecule has 2 atom stereocenters. The normalized spacial score (nSPS) is 25.6. The number of hydrogen-bond donors (Lipinski definition) is 2. The van der Waals surface area contributed by atoms with E-state index in [4.69, 9.17) is 22.2 Å². The van der Waals surface area contributed by atoms with Crippen LogP contribution in [-0.4, -0.2) is 11.2 Å². The van der Waals surface area contributed by atoms with Crippen LogP contribution in [-0.2, 0) is 4.74 Å². The van der Waals surface area contributed by atoms with Gasteiger partial charge in [0.25, 0.3) is 0 Å². The molecule has 0 saturated carbocycles. The second kappa shape index (κ2) is 5.58. The Kier molecular flexibility index (Phi) is 4.53. The molecule has 1 aromatic carbocycles. The van der Waals surface area contributed by atoms with Gasteiger partial charge in [0.15, 0.2) is 0 Å². The molecule has 0 spiro atoms. The Morgan fingerprint density at radius 2 is 2.05 bits per heavy atom. The molecule has 1 aromatic rings. The van der Waals surface area contributed by atoms with E-state index in [-0.39, 0.29) is 23.2 Å². The highest BCUT2D eigenvalue weighted by atomic mass is 79.9. The fraction of sp³-hybridized carbons (Fsp3) is 0.600. The van der Waals surface area contributed by atoms with Gasteiger partial charge in [-0.3, -0.25) is 11.3 Å². The maximum Gasteiger partial charge on any atom is 0.0681 e. The first-order valence-corrected chi connectivity index (χ1v) is 7.95. The van der Waals surface area contributed by atoms with Crippen molar-refractivity contribution in [2.75, 3.05) is 0 Å². The summed E-state index contributed by atoms with van der Waals surface area (Å²) >= 11 is 9.60. The molecule has 2 rings (SSSR count). The molecule has 1 saturated heterocycles. The van der Waals surface area contributed by atoms with Crippen LogP contribution in [0.25, 0.3) is 0 Å². The first-order chi connectivity index (χ1) is 9.16. The maximum absolute atomic E-state index is 6.18. The third-order valence-electron chi connectivity index (χ3n) is 4.02. The van der Waals surface area contributed by atoms with Gasteiger partial charge < -0.3 is 4.74 Å². The summed E-state index contributed by atoms with van der Waals surface area (Å²) in [5.41, 5.74) is 3.70. The molecule has 1 aliphatic heterocycles. The van der Waals surface area contributed by atoms with E-state index < -0.39 is 0 Å². The Bertz CT molecular complexity index is 505. The van der Waals surface area contributed by atoms with E-state index in [0.717, 1.165) is 16.5 Å². The minimum Gasteiger partial charge on any atom is -0.369 e. The molecule has 112 valence electrons. The predicted molar refractivity (Wildman–Crippen MR) is 86.6 cm³/mol. The Balaban J connectivity index is 2.37. The van der Waals surface area contributed by atoms with Gasteiger partial charge in [0, 0.05) is 15.4 Å². The standard InChI is InChI=1S/C15H22BrClN2O/c1-14(2)8-11(15(3,4)20-14)13(19-18)10-6-5-9(17)7-12(10)16/h5-7,11,13,19H,8,18H2,1-4H3. The Morgan fingerprint density at radius 1 is 1.40 bits per heavy atom. The number of nitrogens with one attached hydrogen (secondary N) is 1. The van der Waals surface area contributed by atoms with Crippen LogP contribution in [0.3, 0.4) is 0 Å². The van der Waals surface area contributed by atoms with Crippen molar-refractivity contribution in [2.45, 2.75) is 51.4 Å². The van der Waals surface area contributed by atoms with Gasteiger partial charge in [-0.2, -0.15) is 0 Å². The lowest BCUT2D eigenvalue weighted by Crippen LogP contribution is -2.41. The Labute approximate surface area is 134 Å². The van der Waals surface area contributed by atoms with Crippen molar-refractivity contribution in [1.82, 2.24) is 5.43 Å². The lowest BCUT2D eigenvalue weighted by molar-refractivity contribution is -0.0779. The zero-order chi connectivity index (χ0) is 15.1. The SMILES string of the molecule is CC1(C)CC(C(NN)c2ccc(Cl)cc2Br)C(C)(C)O1. The molecule has 1 fully saturated rings. The third kappa shape index (κ3) is 3.20. The van der Waals surface area contributed by atoms with Crippen LogP contribution in [0.5, 0.6) is 0 Å². The van der Waals surface area contributed by atoms with Crippen molar-refractivity contribution < 1.29 is 4.74 Å². The predicted octanol–water partition coefficient (Wildman–Crippen LogP) is 4.20. The van der Waals surface area contributed by atoms with E-state index in [1.54, 1.807) is 0 Å². The Hall–Kier alpha value is -0.130. The molecule has 1 heterocycles. The summed E-state index contributed by atoms with van der Waals surface area (Å²) in [7, 11) is 0. The van der Waals surface area contributed by atoms with Crippen molar-refractivity contribution in [3.05, 3.63) is 33.3 Å². The summed E-state index contributed by atoms with van der Waals surface area (Å²) in [6, 6.07) is 5.81. The summed E-state index contributed by atoms with van der Waals surface area (Å²) in [5, 5.41) is 0.707. The average molecular weight is 362 g/mol. The molecule has 0 aliphatic carbocycles. The minimum absolute atomic E-state index is 0.0124. The van der Waals surface area contributed by atoms with Crippen molar-refractivity contribution in [3.8, 4) is 0 Å². The number of ether oxygens (including phenoxy) is 1. The summed E-state index contributed by atoms with van der Waals surface area (Å²) in [5.74, 6) is 6.12. The smallest absolute Gasteiger partial charge is 0.0681 e. The van der Waals surface area contributed by atoms with Crippen molar-refractivity contribution in [3.63, 3.8) is 0 Å². The van der Waals surface area contributed by atoms with E-state index in [2.05, 4.69) is 49.1 Å². The topological polar surface area (TPSA) is 47.3 Å². The summed E-state index contributed by atoms with van der Waals surface area (Å²) in [6.07, 6.45) is 0.948. The summed E-state index contributed by atoms with van der Waals surface area (Å²) in [6.45, 7) is 8.50. The van der Waals surface area contributed by atoms with Gasteiger partial charge in [-0.15, -0.1) is 0 Å². The van der Waals surface area contributed by atoms with Crippen LogP contribution >= 0.6 is 27.5 Å². The van der Waals surface area contributed by atoms with Crippen LogP contribution in [0.2, 0.25) is 5.02 Å². The van der Waals surface area contributed by atoms with E-state index in [0.29, 0.717) is 5.02 Å². The highest BCUT2D eigenvalue weighted by Crippen LogP contribution is 2.48. The number of benzene rings is 1. The minimum atomic E-state index is -0.236. The number of hydrazine groups is 1. The molecule has 5 heteroatoms. The fourth-order valence-corrected chi connectivity index (χ4v) is 4.23. The first kappa shape index (κ1) is 16.2. The van der Waals surface area contributed by atoms with Gasteiger partial charge >= 0.3 is 0 Å². The maximum atomic E-state index is 6.18. The Morgan fingerprint density at radius 3 is 2.50 bits per heavy atom. The van der Waals surface area contributed by atoms with Crippen LogP contribution < -0.4 is 11.3 Å². The second-order valence-electron chi connectivity index (χ2n) is 6.59. The number of nitrogens with two attached hydrogens (primary N) is 1. The molecule has 0 radical (unpaired) electrons. The lowest BCUT2D eigenvalue weighted by atomic mass is 9.79. The van der Waals surface area contributed by atoms with Crippen molar-refractivity contribution >= 4 is 27.5 Å². The van der Waals surface area contributed by atoms with Crippen molar-refractivity contribution in [1.29, 1.82) is 0 Å². The number of halogens is 2. The second-order valence-corrected chi connectivity index (χ2v) is 7.88. The van der Waals surface area contributed by atoms with Crippen LogP contribution in [0.4, 0.5) is 0 Å². The zero-order valence-corrected chi connectivity index (χ0v) is 14.7. The average Bonchev–Trinajstić information content (AvgIpc) is 2.51. The molecule has 0 aromatic heterocycles. The molecular formula is C15H22BrClN2O. The molecular weight excluding hydrogens is 340 g/mol. The van der Waals surface area contributed by atoms with E-state index in [1.807, 2.05) is 18.2 Å². The van der Waals surface area contributed by atoms with E-state index in [9.17, 15) is 0 Å². The van der Waals surface area contributed by atoms with Gasteiger partial charge in [0.05, 0.1) is 17.2 Å². The van der Waals surface area contributed by atoms with Crippen LogP contribution in [0.15, 0.2) is 22.7 Å². The molecule has 2 unspecified atom stereocenters. The summed E-state index contributed by atoms with van der Waals surface area (Å²) in [4.78, 5) is 0. The van der Waals surface area contributed by atoms with E-state index in [1.165, 1.54) is 0 Å². The molecule has 1 aliphatic rings. The monoisotopic (exact) mass is 360 g/mol. The van der Waals surface area contributed by atoms with E-state index >= 15 is 0 Å². The molecule has 3 N–H and O–H groups in total. The zero-order valence-electron chi connectivity index (χ0n) is 12.3. The van der Waals surface area contributed by atoms with Gasteiger partial charge in [-0.1, -0.05) is 33.6 Å². The molecule has 20 heavy (non-hydrogen) atoms. The van der Waals surface area contributed by atoms with Gasteiger partial charge in [-0.25, -0.2) is 0 Å². The first-order valence-electron chi connectivity index (χ1n) is 6.77. The highest BCUT2D eigenvalue weighted by molar-refractivity contribution is 9.10. The lowest BCUT2D eigenvalue weighted by Gasteiger charge is -2.33. The van der Waals surface area contributed by atoms with Gasteiger partial charge in [-0.05, 0) is 51.8 Å². The van der Waals surface area contributed by atoms with Crippen LogP contribution in [0.1, 0.15) is 45.7 Å². The van der Waals surface area contributed by atoms with Crippen LogP contribution in [0, 0.1) is 5.92 Å².